The molecule has 26 heavy (non-hydrogen) atoms. The molecular weight excluding hydrogens is 372 g/mol. The van der Waals surface area contributed by atoms with Crippen LogP contribution in [0, 0.1) is 6.92 Å². The van der Waals surface area contributed by atoms with Crippen molar-refractivity contribution in [1.29, 1.82) is 0 Å². The lowest BCUT2D eigenvalue weighted by Crippen LogP contribution is -2.52. The van der Waals surface area contributed by atoms with Crippen molar-refractivity contribution in [3.05, 3.63) is 35.0 Å². The molecule has 138 valence electrons. The molecule has 4 rings (SSSR count). The van der Waals surface area contributed by atoms with Gasteiger partial charge in [0.1, 0.15) is 11.3 Å². The lowest BCUT2D eigenvalue weighted by molar-refractivity contribution is 0.141. The van der Waals surface area contributed by atoms with E-state index >= 15 is 0 Å². The smallest absolute Gasteiger partial charge is 0.204 e. The molecule has 0 aromatic carbocycles. The minimum Gasteiger partial charge on any atom is -0.495 e. The highest BCUT2D eigenvalue weighted by Crippen LogP contribution is 2.49. The molecule has 3 unspecified atom stereocenters. The van der Waals surface area contributed by atoms with E-state index in [2.05, 4.69) is 11.1 Å². The van der Waals surface area contributed by atoms with Crippen molar-refractivity contribution in [1.82, 2.24) is 9.29 Å². The number of guanidine groups is 1. The van der Waals surface area contributed by atoms with Gasteiger partial charge in [0, 0.05) is 35.0 Å². The third kappa shape index (κ3) is 2.53. The fraction of sp³-hybridized carbons (Fsp3) is 0.412. The Balaban J connectivity index is 1.83. The van der Waals surface area contributed by atoms with Crippen LogP contribution in [-0.4, -0.2) is 45.7 Å². The van der Waals surface area contributed by atoms with Gasteiger partial charge in [-0.25, -0.2) is 9.20 Å². The number of ether oxygens (including phenoxy) is 2. The maximum Gasteiger partial charge on any atom is 0.204 e. The highest BCUT2D eigenvalue weighted by atomic mass is 32.2. The molecule has 0 saturated carbocycles. The van der Waals surface area contributed by atoms with Gasteiger partial charge in [-0.1, -0.05) is 0 Å². The van der Waals surface area contributed by atoms with Gasteiger partial charge in [-0.2, -0.15) is 0 Å². The molecule has 0 amide bonds. The van der Waals surface area contributed by atoms with E-state index in [0.717, 1.165) is 20.9 Å². The van der Waals surface area contributed by atoms with Crippen LogP contribution in [0.3, 0.4) is 0 Å². The predicted molar refractivity (Wildman–Crippen MR) is 102 cm³/mol. The lowest BCUT2D eigenvalue weighted by Gasteiger charge is -2.37. The Morgan fingerprint density at radius 2 is 2.27 bits per heavy atom. The SMILES string of the molecule is COc1cncc(-c2cc(C)c(C34CCOC3S(=O)N(C)C(N)=N4)s2)c1. The molecule has 7 nitrogen and oxygen atoms in total. The second-order valence-corrected chi connectivity index (χ2v) is 8.94. The Morgan fingerprint density at radius 3 is 3.04 bits per heavy atom. The fourth-order valence-electron chi connectivity index (χ4n) is 3.41. The van der Waals surface area contributed by atoms with Crippen LogP contribution in [0.25, 0.3) is 10.4 Å². The van der Waals surface area contributed by atoms with Gasteiger partial charge in [-0.05, 0) is 24.6 Å². The van der Waals surface area contributed by atoms with Crippen molar-refractivity contribution in [2.45, 2.75) is 24.3 Å². The number of aromatic nitrogens is 1. The Kier molecular flexibility index (Phi) is 4.25. The zero-order valence-electron chi connectivity index (χ0n) is 14.8. The second-order valence-electron chi connectivity index (χ2n) is 6.36. The molecule has 2 N–H and O–H groups in total. The van der Waals surface area contributed by atoms with Gasteiger partial charge in [-0.15, -0.1) is 11.3 Å². The van der Waals surface area contributed by atoms with Crippen LogP contribution in [0.5, 0.6) is 5.75 Å². The number of rotatable bonds is 3. The van der Waals surface area contributed by atoms with Gasteiger partial charge >= 0.3 is 0 Å². The first-order valence-corrected chi connectivity index (χ1v) is 10.2. The van der Waals surface area contributed by atoms with Crippen molar-refractivity contribution in [2.24, 2.45) is 10.7 Å². The molecule has 3 atom stereocenters. The maximum atomic E-state index is 12.8. The average molecular weight is 393 g/mol. The van der Waals surface area contributed by atoms with Crippen LogP contribution in [0.2, 0.25) is 0 Å². The Morgan fingerprint density at radius 1 is 1.46 bits per heavy atom. The third-order valence-corrected chi connectivity index (χ3v) is 7.85. The van der Waals surface area contributed by atoms with E-state index in [0.29, 0.717) is 18.8 Å². The Hall–Kier alpha value is -1.97. The summed E-state index contributed by atoms with van der Waals surface area (Å²) in [5.41, 5.74) is 6.90. The van der Waals surface area contributed by atoms with Crippen LogP contribution in [-0.2, 0) is 21.3 Å². The van der Waals surface area contributed by atoms with Crippen LogP contribution in [0.15, 0.2) is 29.5 Å². The summed E-state index contributed by atoms with van der Waals surface area (Å²) in [5, 5.41) is 0. The van der Waals surface area contributed by atoms with Gasteiger partial charge in [0.15, 0.2) is 16.4 Å². The predicted octanol–water partition coefficient (Wildman–Crippen LogP) is 1.99. The fourth-order valence-corrected chi connectivity index (χ4v) is 6.17. The first-order chi connectivity index (χ1) is 12.5. The molecule has 2 aromatic heterocycles. The molecule has 2 aliphatic rings. The number of aryl methyl sites for hydroxylation is 1. The number of nitrogens with zero attached hydrogens (tertiary/aromatic N) is 3. The van der Waals surface area contributed by atoms with Crippen LogP contribution in [0.1, 0.15) is 16.9 Å². The first kappa shape index (κ1) is 17.4. The van der Waals surface area contributed by atoms with Crippen LogP contribution in [0.4, 0.5) is 0 Å². The van der Waals surface area contributed by atoms with Gasteiger partial charge in [-0.3, -0.25) is 9.29 Å². The largest absolute Gasteiger partial charge is 0.495 e. The summed E-state index contributed by atoms with van der Waals surface area (Å²) in [5.74, 6) is 0.987. The Labute approximate surface area is 158 Å². The third-order valence-electron chi connectivity index (χ3n) is 4.78. The molecular formula is C17H20N4O3S2. The number of nitrogens with two attached hydrogens (primary N) is 1. The van der Waals surface area contributed by atoms with E-state index in [9.17, 15) is 4.21 Å². The molecule has 0 aliphatic carbocycles. The quantitative estimate of drug-likeness (QED) is 0.863. The number of aliphatic imine (C=N–C) groups is 1. The van der Waals surface area contributed by atoms with Crippen LogP contribution >= 0.6 is 11.3 Å². The van der Waals surface area contributed by atoms with Gasteiger partial charge in [0.2, 0.25) is 5.96 Å². The first-order valence-electron chi connectivity index (χ1n) is 8.18. The summed E-state index contributed by atoms with van der Waals surface area (Å²) in [6, 6.07) is 4.06. The molecule has 1 fully saturated rings. The van der Waals surface area contributed by atoms with E-state index in [1.807, 2.05) is 19.2 Å². The summed E-state index contributed by atoms with van der Waals surface area (Å²) in [6.45, 7) is 2.55. The summed E-state index contributed by atoms with van der Waals surface area (Å²) < 4.78 is 25.4. The normalized spacial score (nSPS) is 28.0. The zero-order chi connectivity index (χ0) is 18.5. The number of methoxy groups -OCH3 is 1. The lowest BCUT2D eigenvalue weighted by atomic mass is 9.94. The maximum absolute atomic E-state index is 12.8. The molecule has 4 heterocycles. The highest BCUT2D eigenvalue weighted by Gasteiger charge is 2.54. The van der Waals surface area contributed by atoms with Crippen molar-refractivity contribution < 1.29 is 13.7 Å². The zero-order valence-corrected chi connectivity index (χ0v) is 16.4. The van der Waals surface area contributed by atoms with Crippen LogP contribution < -0.4 is 10.5 Å². The van der Waals surface area contributed by atoms with E-state index in [-0.39, 0.29) is 5.96 Å². The van der Waals surface area contributed by atoms with Gasteiger partial charge in [0.05, 0.1) is 19.9 Å². The Bertz CT molecular complexity index is 913. The molecule has 1 saturated heterocycles. The minimum atomic E-state index is -1.38. The highest BCUT2D eigenvalue weighted by molar-refractivity contribution is 7.83. The number of hydrogen-bond donors (Lipinski definition) is 1. The van der Waals surface area contributed by atoms with E-state index in [1.165, 1.54) is 4.31 Å². The molecule has 2 aromatic rings. The van der Waals surface area contributed by atoms with E-state index in [1.54, 1.807) is 31.7 Å². The van der Waals surface area contributed by atoms with E-state index in [4.69, 9.17) is 20.2 Å². The number of pyridine rings is 1. The van der Waals surface area contributed by atoms with E-state index < -0.39 is 22.0 Å². The van der Waals surface area contributed by atoms with Crippen molar-refractivity contribution in [2.75, 3.05) is 20.8 Å². The molecule has 9 heteroatoms. The summed E-state index contributed by atoms with van der Waals surface area (Å²) in [7, 11) is 1.92. The van der Waals surface area contributed by atoms with Crippen molar-refractivity contribution in [3.8, 4) is 16.2 Å². The standard InChI is InChI=1S/C17H20N4O3S2/c1-10-6-13(11-7-12(23-3)9-19-8-11)25-14(10)17-4-5-24-15(17)26(22)21(2)16(18)20-17/h6-9,15H,4-5H2,1-3H3,(H2,18,20). The van der Waals surface area contributed by atoms with Crippen molar-refractivity contribution >= 4 is 28.3 Å². The van der Waals surface area contributed by atoms with Gasteiger partial charge < -0.3 is 15.2 Å². The summed E-state index contributed by atoms with van der Waals surface area (Å²) in [6.07, 6.45) is 4.15. The number of thiophene rings is 1. The minimum absolute atomic E-state index is 0.280. The molecule has 0 radical (unpaired) electrons. The number of hydrogen-bond acceptors (Lipinski definition) is 7. The van der Waals surface area contributed by atoms with Gasteiger partial charge in [0.25, 0.3) is 0 Å². The summed E-state index contributed by atoms with van der Waals surface area (Å²) >= 11 is 1.62. The average Bonchev–Trinajstić information content (AvgIpc) is 3.24. The second kappa shape index (κ2) is 6.33. The molecule has 0 spiro atoms. The van der Waals surface area contributed by atoms with Crippen molar-refractivity contribution in [3.63, 3.8) is 0 Å². The monoisotopic (exact) mass is 392 g/mol. The molecule has 0 bridgehead atoms. The topological polar surface area (TPSA) is 90.0 Å². The molecule has 2 aliphatic heterocycles. The number of fused-ring (bicyclic) bond motifs is 1. The summed E-state index contributed by atoms with van der Waals surface area (Å²) in [4.78, 5) is 11.1.